The lowest BCUT2D eigenvalue weighted by Crippen LogP contribution is -2.28. The zero-order chi connectivity index (χ0) is 20.1. The Morgan fingerprint density at radius 1 is 1.32 bits per heavy atom. The highest BCUT2D eigenvalue weighted by atomic mass is 35.5. The normalized spacial score (nSPS) is 11.6. The molecule has 142 valence electrons. The molecule has 3 rings (SSSR count). The predicted octanol–water partition coefficient (Wildman–Crippen LogP) is 2.41. The summed E-state index contributed by atoms with van der Waals surface area (Å²) in [4.78, 5) is 27.8. The summed E-state index contributed by atoms with van der Waals surface area (Å²) < 4.78 is 0. The predicted molar refractivity (Wildman–Crippen MR) is 104 cm³/mol. The number of benzene rings is 1. The Morgan fingerprint density at radius 2 is 2.07 bits per heavy atom. The number of rotatable bonds is 6. The molecule has 0 saturated heterocycles. The lowest BCUT2D eigenvalue weighted by Gasteiger charge is -2.09. The third-order valence-electron chi connectivity index (χ3n) is 4.02. The molecule has 2 aromatic heterocycles. The fraction of sp³-hybridized carbons (Fsp3) is 0.211. The minimum Gasteiger partial charge on any atom is -0.350 e. The molecule has 9 heteroatoms. The summed E-state index contributed by atoms with van der Waals surface area (Å²) in [5.41, 5.74) is 9.40. The second-order valence-corrected chi connectivity index (χ2v) is 6.59. The van der Waals surface area contributed by atoms with Gasteiger partial charge in [-0.15, -0.1) is 0 Å². The standard InChI is InChI=1S/C19H18ClN7O/c1-11-8-24-14(9-23-11)10-25-16(28)6-15(22)19-26-17(18(20)27-19)13-4-2-12(7-21)3-5-13/h2-5,8-9,15H,6,10,22H2,1H3,(H,25,28)(H,26,27)/t15-/m0/s1. The third kappa shape index (κ3) is 4.71. The van der Waals surface area contributed by atoms with E-state index in [-0.39, 0.29) is 18.9 Å². The highest BCUT2D eigenvalue weighted by Crippen LogP contribution is 2.27. The summed E-state index contributed by atoms with van der Waals surface area (Å²) in [7, 11) is 0. The lowest BCUT2D eigenvalue weighted by molar-refractivity contribution is -0.121. The first kappa shape index (κ1) is 19.5. The number of hydrogen-bond donors (Lipinski definition) is 3. The number of nitrogens with zero attached hydrogens (tertiary/aromatic N) is 4. The van der Waals surface area contributed by atoms with Crippen LogP contribution in [0.1, 0.15) is 35.2 Å². The Balaban J connectivity index is 1.62. The van der Waals surface area contributed by atoms with E-state index >= 15 is 0 Å². The van der Waals surface area contributed by atoms with Gasteiger partial charge in [0.1, 0.15) is 16.7 Å². The van der Waals surface area contributed by atoms with Crippen molar-refractivity contribution in [2.45, 2.75) is 25.9 Å². The number of carbonyl (C=O) groups is 1. The monoisotopic (exact) mass is 395 g/mol. The number of imidazole rings is 1. The molecule has 0 aliphatic rings. The molecule has 0 unspecified atom stereocenters. The summed E-state index contributed by atoms with van der Waals surface area (Å²) in [5.74, 6) is 0.178. The molecular formula is C19H18ClN7O. The van der Waals surface area contributed by atoms with E-state index in [0.29, 0.717) is 27.9 Å². The second kappa shape index (κ2) is 8.61. The number of halogens is 1. The van der Waals surface area contributed by atoms with Crippen LogP contribution >= 0.6 is 11.6 Å². The van der Waals surface area contributed by atoms with Gasteiger partial charge in [-0.3, -0.25) is 14.8 Å². The average molecular weight is 396 g/mol. The van der Waals surface area contributed by atoms with Crippen LogP contribution in [0.3, 0.4) is 0 Å². The van der Waals surface area contributed by atoms with Gasteiger partial charge >= 0.3 is 0 Å². The minimum atomic E-state index is -0.645. The third-order valence-corrected chi connectivity index (χ3v) is 4.30. The van der Waals surface area contributed by atoms with E-state index < -0.39 is 6.04 Å². The molecular weight excluding hydrogens is 378 g/mol. The van der Waals surface area contributed by atoms with Gasteiger partial charge in [-0.05, 0) is 19.1 Å². The van der Waals surface area contributed by atoms with Gasteiger partial charge < -0.3 is 16.0 Å². The van der Waals surface area contributed by atoms with E-state index in [1.807, 2.05) is 6.92 Å². The van der Waals surface area contributed by atoms with Crippen LogP contribution in [0.4, 0.5) is 0 Å². The van der Waals surface area contributed by atoms with E-state index in [9.17, 15) is 4.79 Å². The van der Waals surface area contributed by atoms with E-state index in [1.165, 1.54) is 0 Å². The van der Waals surface area contributed by atoms with Crippen LogP contribution in [0.15, 0.2) is 36.7 Å². The molecule has 2 heterocycles. The molecule has 0 fully saturated rings. The molecule has 0 aliphatic carbocycles. The zero-order valence-corrected chi connectivity index (χ0v) is 15.9. The van der Waals surface area contributed by atoms with Gasteiger partial charge in [0.15, 0.2) is 0 Å². The molecule has 1 aromatic carbocycles. The van der Waals surface area contributed by atoms with E-state index in [4.69, 9.17) is 22.6 Å². The fourth-order valence-corrected chi connectivity index (χ4v) is 2.76. The number of nitrogens with one attached hydrogen (secondary N) is 2. The maximum Gasteiger partial charge on any atom is 0.222 e. The van der Waals surface area contributed by atoms with Crippen molar-refractivity contribution in [3.8, 4) is 17.3 Å². The Labute approximate surface area is 166 Å². The van der Waals surface area contributed by atoms with Crippen LogP contribution in [0.5, 0.6) is 0 Å². The van der Waals surface area contributed by atoms with Crippen LogP contribution < -0.4 is 11.1 Å². The van der Waals surface area contributed by atoms with Crippen LogP contribution in [0.2, 0.25) is 5.15 Å². The van der Waals surface area contributed by atoms with E-state index in [1.54, 1.807) is 36.7 Å². The molecule has 0 radical (unpaired) electrons. The van der Waals surface area contributed by atoms with Crippen LogP contribution in [-0.4, -0.2) is 25.8 Å². The van der Waals surface area contributed by atoms with Crippen molar-refractivity contribution in [2.75, 3.05) is 0 Å². The number of aromatic nitrogens is 4. The van der Waals surface area contributed by atoms with Gasteiger partial charge in [0.25, 0.3) is 0 Å². The van der Waals surface area contributed by atoms with Crippen molar-refractivity contribution in [3.05, 3.63) is 64.6 Å². The van der Waals surface area contributed by atoms with Gasteiger partial charge in [0, 0.05) is 18.2 Å². The van der Waals surface area contributed by atoms with Crippen molar-refractivity contribution >= 4 is 17.5 Å². The molecule has 1 atom stereocenters. The number of nitriles is 1. The first-order chi connectivity index (χ1) is 13.5. The van der Waals surface area contributed by atoms with Crippen molar-refractivity contribution in [2.24, 2.45) is 5.73 Å². The van der Waals surface area contributed by atoms with Crippen molar-refractivity contribution in [1.82, 2.24) is 25.3 Å². The number of carbonyl (C=O) groups excluding carboxylic acids is 1. The summed E-state index contributed by atoms with van der Waals surface area (Å²) in [6, 6.07) is 8.29. The van der Waals surface area contributed by atoms with E-state index in [0.717, 1.165) is 11.3 Å². The molecule has 28 heavy (non-hydrogen) atoms. The number of H-pyrrole nitrogens is 1. The number of nitrogens with two attached hydrogens (primary N) is 1. The number of amides is 1. The van der Waals surface area contributed by atoms with Crippen LogP contribution in [0.25, 0.3) is 11.3 Å². The van der Waals surface area contributed by atoms with E-state index in [2.05, 4.69) is 31.3 Å². The first-order valence-corrected chi connectivity index (χ1v) is 8.90. The number of aromatic amines is 1. The summed E-state index contributed by atoms with van der Waals surface area (Å²) >= 11 is 6.23. The Morgan fingerprint density at radius 3 is 2.71 bits per heavy atom. The number of hydrogen-bond acceptors (Lipinski definition) is 6. The first-order valence-electron chi connectivity index (χ1n) is 8.52. The van der Waals surface area contributed by atoms with Crippen LogP contribution in [-0.2, 0) is 11.3 Å². The highest BCUT2D eigenvalue weighted by Gasteiger charge is 2.18. The molecule has 0 bridgehead atoms. The molecule has 0 saturated carbocycles. The van der Waals surface area contributed by atoms with Gasteiger partial charge in [-0.1, -0.05) is 23.7 Å². The fourth-order valence-electron chi connectivity index (χ4n) is 2.51. The number of aryl methyl sites for hydroxylation is 1. The molecule has 0 spiro atoms. The van der Waals surface area contributed by atoms with Crippen LogP contribution in [0, 0.1) is 18.3 Å². The summed E-state index contributed by atoms with van der Waals surface area (Å²) in [6.45, 7) is 2.11. The van der Waals surface area contributed by atoms with Crippen molar-refractivity contribution in [3.63, 3.8) is 0 Å². The molecule has 1 amide bonds. The van der Waals surface area contributed by atoms with Gasteiger partial charge in [0.05, 0.1) is 41.8 Å². The largest absolute Gasteiger partial charge is 0.350 e. The van der Waals surface area contributed by atoms with Gasteiger partial charge in [-0.2, -0.15) is 5.26 Å². The van der Waals surface area contributed by atoms with Gasteiger partial charge in [0.2, 0.25) is 5.91 Å². The smallest absolute Gasteiger partial charge is 0.222 e. The maximum atomic E-state index is 12.2. The Hall–Kier alpha value is -3.28. The molecule has 8 nitrogen and oxygen atoms in total. The quantitative estimate of drug-likeness (QED) is 0.586. The van der Waals surface area contributed by atoms with Crippen molar-refractivity contribution in [1.29, 1.82) is 5.26 Å². The zero-order valence-electron chi connectivity index (χ0n) is 15.1. The SMILES string of the molecule is Cc1cnc(CNC(=O)C[C@H](N)c2nc(-c3ccc(C#N)cc3)c(Cl)[nH]2)cn1. The topological polar surface area (TPSA) is 133 Å². The summed E-state index contributed by atoms with van der Waals surface area (Å²) in [5, 5.41) is 12.0. The van der Waals surface area contributed by atoms with Crippen molar-refractivity contribution < 1.29 is 4.79 Å². The molecule has 0 aliphatic heterocycles. The second-order valence-electron chi connectivity index (χ2n) is 6.21. The molecule has 4 N–H and O–H groups in total. The lowest BCUT2D eigenvalue weighted by atomic mass is 10.1. The highest BCUT2D eigenvalue weighted by molar-refractivity contribution is 6.31. The Kier molecular flexibility index (Phi) is 5.99. The van der Waals surface area contributed by atoms with Gasteiger partial charge in [-0.25, -0.2) is 4.98 Å². The maximum absolute atomic E-state index is 12.2. The summed E-state index contributed by atoms with van der Waals surface area (Å²) in [6.07, 6.45) is 3.30. The minimum absolute atomic E-state index is 0.0376. The molecule has 3 aromatic rings. The average Bonchev–Trinajstić information content (AvgIpc) is 3.09. The Bertz CT molecular complexity index is 1010.